The molecule has 0 bridgehead atoms. The van der Waals surface area contributed by atoms with E-state index in [0.29, 0.717) is 32.4 Å². The van der Waals surface area contributed by atoms with Crippen LogP contribution in [0.2, 0.25) is 0 Å². The topological polar surface area (TPSA) is 70.2 Å². The van der Waals surface area contributed by atoms with Crippen molar-refractivity contribution in [3.8, 4) is 0 Å². The minimum Gasteiger partial charge on any atom is -0.356 e. The predicted octanol–water partition coefficient (Wildman–Crippen LogP) is 0.407. The first kappa shape index (κ1) is 15.9. The van der Waals surface area contributed by atoms with E-state index in [4.69, 9.17) is 0 Å². The number of amides is 2. The lowest BCUT2D eigenvalue weighted by Gasteiger charge is -2.11. The van der Waals surface area contributed by atoms with Gasteiger partial charge in [0.2, 0.25) is 11.8 Å². The van der Waals surface area contributed by atoms with Crippen LogP contribution in [0.4, 0.5) is 0 Å². The first-order valence-electron chi connectivity index (χ1n) is 6.30. The highest BCUT2D eigenvalue weighted by Crippen LogP contribution is 1.95. The minimum atomic E-state index is 0.00962. The Kier molecular flexibility index (Phi) is 9.43. The quantitative estimate of drug-likeness (QED) is 0.549. The number of hydrogen-bond donors (Lipinski definition) is 3. The summed E-state index contributed by atoms with van der Waals surface area (Å²) >= 11 is 0. The van der Waals surface area contributed by atoms with Crippen LogP contribution in [0.15, 0.2) is 0 Å². The van der Waals surface area contributed by atoms with Gasteiger partial charge in [0.25, 0.3) is 0 Å². The van der Waals surface area contributed by atoms with Crippen LogP contribution in [0.5, 0.6) is 0 Å². The Morgan fingerprint density at radius 2 is 1.71 bits per heavy atom. The SMILES string of the molecule is CCCNC(=O)CCCC(=O)NCC(C)NC. The van der Waals surface area contributed by atoms with Crippen LogP contribution in [-0.2, 0) is 9.59 Å². The molecule has 0 aliphatic heterocycles. The Morgan fingerprint density at radius 1 is 1.12 bits per heavy atom. The normalized spacial score (nSPS) is 11.9. The van der Waals surface area contributed by atoms with Gasteiger partial charge in [0.05, 0.1) is 0 Å². The van der Waals surface area contributed by atoms with E-state index in [1.54, 1.807) is 0 Å². The molecule has 0 fully saturated rings. The summed E-state index contributed by atoms with van der Waals surface area (Å²) in [5.74, 6) is 0.0404. The number of nitrogens with one attached hydrogen (secondary N) is 3. The summed E-state index contributed by atoms with van der Waals surface area (Å²) < 4.78 is 0. The van der Waals surface area contributed by atoms with Crippen molar-refractivity contribution in [1.29, 1.82) is 0 Å². The molecule has 2 amide bonds. The molecule has 17 heavy (non-hydrogen) atoms. The molecule has 0 aromatic carbocycles. The van der Waals surface area contributed by atoms with Crippen molar-refractivity contribution in [2.75, 3.05) is 20.1 Å². The first-order valence-corrected chi connectivity index (χ1v) is 6.30. The molecule has 0 aromatic heterocycles. The molecule has 0 saturated carbocycles. The highest BCUT2D eigenvalue weighted by Gasteiger charge is 2.05. The molecule has 1 unspecified atom stereocenters. The summed E-state index contributed by atoms with van der Waals surface area (Å²) in [6.45, 7) is 5.34. The molecular weight excluding hydrogens is 218 g/mol. The zero-order valence-corrected chi connectivity index (χ0v) is 11.1. The van der Waals surface area contributed by atoms with E-state index >= 15 is 0 Å². The number of hydrogen-bond acceptors (Lipinski definition) is 3. The second-order valence-electron chi connectivity index (χ2n) is 4.20. The van der Waals surface area contributed by atoms with E-state index in [1.807, 2.05) is 20.9 Å². The molecule has 100 valence electrons. The van der Waals surface area contributed by atoms with Crippen LogP contribution in [0, 0.1) is 0 Å². The molecular formula is C12H25N3O2. The van der Waals surface area contributed by atoms with Gasteiger partial charge in [-0.3, -0.25) is 9.59 Å². The van der Waals surface area contributed by atoms with E-state index in [1.165, 1.54) is 0 Å². The molecule has 0 heterocycles. The zero-order chi connectivity index (χ0) is 13.1. The van der Waals surface area contributed by atoms with Gasteiger partial charge in [-0.25, -0.2) is 0 Å². The zero-order valence-electron chi connectivity index (χ0n) is 11.1. The van der Waals surface area contributed by atoms with E-state index in [-0.39, 0.29) is 17.9 Å². The Morgan fingerprint density at radius 3 is 2.24 bits per heavy atom. The second-order valence-corrected chi connectivity index (χ2v) is 4.20. The van der Waals surface area contributed by atoms with Gasteiger partial charge in [0.1, 0.15) is 0 Å². The van der Waals surface area contributed by atoms with E-state index in [0.717, 1.165) is 6.42 Å². The molecule has 0 radical (unpaired) electrons. The van der Waals surface area contributed by atoms with Gasteiger partial charge in [-0.1, -0.05) is 6.92 Å². The third-order valence-electron chi connectivity index (χ3n) is 2.48. The van der Waals surface area contributed by atoms with Crippen molar-refractivity contribution in [2.24, 2.45) is 0 Å². The molecule has 0 aromatic rings. The molecule has 5 heteroatoms. The lowest BCUT2D eigenvalue weighted by molar-refractivity contribution is -0.122. The lowest BCUT2D eigenvalue weighted by Crippen LogP contribution is -2.37. The first-order chi connectivity index (χ1) is 8.10. The molecule has 0 saturated heterocycles. The summed E-state index contributed by atoms with van der Waals surface area (Å²) in [5, 5.41) is 8.64. The van der Waals surface area contributed by atoms with Gasteiger partial charge in [0, 0.05) is 32.0 Å². The van der Waals surface area contributed by atoms with Crippen molar-refractivity contribution in [2.45, 2.75) is 45.6 Å². The van der Waals surface area contributed by atoms with Crippen molar-refractivity contribution >= 4 is 11.8 Å². The Hall–Kier alpha value is -1.10. The van der Waals surface area contributed by atoms with E-state index in [2.05, 4.69) is 16.0 Å². The van der Waals surface area contributed by atoms with Crippen LogP contribution in [0.3, 0.4) is 0 Å². The number of carbonyl (C=O) groups excluding carboxylic acids is 2. The highest BCUT2D eigenvalue weighted by molar-refractivity contribution is 5.78. The van der Waals surface area contributed by atoms with Gasteiger partial charge in [0.15, 0.2) is 0 Å². The maximum Gasteiger partial charge on any atom is 0.220 e. The average molecular weight is 243 g/mol. The highest BCUT2D eigenvalue weighted by atomic mass is 16.2. The minimum absolute atomic E-state index is 0.00962. The summed E-state index contributed by atoms with van der Waals surface area (Å²) in [5.41, 5.74) is 0. The van der Waals surface area contributed by atoms with Crippen molar-refractivity contribution in [3.63, 3.8) is 0 Å². The van der Waals surface area contributed by atoms with Crippen molar-refractivity contribution < 1.29 is 9.59 Å². The largest absolute Gasteiger partial charge is 0.356 e. The fourth-order valence-electron chi connectivity index (χ4n) is 1.22. The Balaban J connectivity index is 3.47. The third-order valence-corrected chi connectivity index (χ3v) is 2.48. The van der Waals surface area contributed by atoms with Crippen molar-refractivity contribution in [1.82, 2.24) is 16.0 Å². The Labute approximate surface area is 104 Å². The van der Waals surface area contributed by atoms with Crippen molar-refractivity contribution in [3.05, 3.63) is 0 Å². The van der Waals surface area contributed by atoms with Gasteiger partial charge in [-0.05, 0) is 26.8 Å². The average Bonchev–Trinajstić information content (AvgIpc) is 2.33. The van der Waals surface area contributed by atoms with Gasteiger partial charge in [-0.15, -0.1) is 0 Å². The Bertz CT molecular complexity index is 232. The molecule has 0 spiro atoms. The standard InChI is InChI=1S/C12H25N3O2/c1-4-8-14-11(16)6-5-7-12(17)15-9-10(2)13-3/h10,13H,4-9H2,1-3H3,(H,14,16)(H,15,17). The monoisotopic (exact) mass is 243 g/mol. The van der Waals surface area contributed by atoms with E-state index in [9.17, 15) is 9.59 Å². The summed E-state index contributed by atoms with van der Waals surface area (Å²) in [6.07, 6.45) is 2.38. The number of carbonyl (C=O) groups is 2. The molecule has 5 nitrogen and oxygen atoms in total. The molecule has 0 rings (SSSR count). The number of likely N-dealkylation sites (N-methyl/N-ethyl adjacent to an activating group) is 1. The molecule has 1 atom stereocenters. The maximum absolute atomic E-state index is 11.4. The fraction of sp³-hybridized carbons (Fsp3) is 0.833. The van der Waals surface area contributed by atoms with Gasteiger partial charge in [-0.2, -0.15) is 0 Å². The maximum atomic E-state index is 11.4. The molecule has 0 aliphatic carbocycles. The second kappa shape index (κ2) is 10.1. The van der Waals surface area contributed by atoms with Crippen LogP contribution >= 0.6 is 0 Å². The van der Waals surface area contributed by atoms with Gasteiger partial charge >= 0.3 is 0 Å². The predicted molar refractivity (Wildman–Crippen MR) is 68.7 cm³/mol. The third kappa shape index (κ3) is 9.81. The van der Waals surface area contributed by atoms with Gasteiger partial charge < -0.3 is 16.0 Å². The molecule has 0 aliphatic rings. The number of rotatable bonds is 9. The van der Waals surface area contributed by atoms with E-state index < -0.39 is 0 Å². The smallest absolute Gasteiger partial charge is 0.220 e. The molecule has 3 N–H and O–H groups in total. The summed E-state index contributed by atoms with van der Waals surface area (Å²) in [4.78, 5) is 22.6. The summed E-state index contributed by atoms with van der Waals surface area (Å²) in [7, 11) is 1.86. The van der Waals surface area contributed by atoms with Crippen LogP contribution < -0.4 is 16.0 Å². The fourth-order valence-corrected chi connectivity index (χ4v) is 1.22. The van der Waals surface area contributed by atoms with Crippen LogP contribution in [0.25, 0.3) is 0 Å². The van der Waals surface area contributed by atoms with Crippen LogP contribution in [-0.4, -0.2) is 38.0 Å². The summed E-state index contributed by atoms with van der Waals surface area (Å²) in [6, 6.07) is 0.270. The lowest BCUT2D eigenvalue weighted by atomic mass is 10.2. The van der Waals surface area contributed by atoms with Crippen LogP contribution in [0.1, 0.15) is 39.5 Å².